The standard InChI is InChI=1S/C13H15BrN2O3/c1-15-7-9-5-3-4-6-11(9)16(13(15)18)8-10(14)12(17)19-2/h3-6,10H,7-8H2,1-2H3. The zero-order chi connectivity index (χ0) is 14.0. The zero-order valence-electron chi connectivity index (χ0n) is 10.8. The first kappa shape index (κ1) is 13.9. The third kappa shape index (κ3) is 2.73. The van der Waals surface area contributed by atoms with E-state index >= 15 is 0 Å². The van der Waals surface area contributed by atoms with Crippen LogP contribution in [0.3, 0.4) is 0 Å². The van der Waals surface area contributed by atoms with Gasteiger partial charge in [0.25, 0.3) is 0 Å². The number of fused-ring (bicyclic) bond motifs is 1. The molecule has 0 fully saturated rings. The molecule has 2 amide bonds. The van der Waals surface area contributed by atoms with Gasteiger partial charge in [-0.05, 0) is 11.6 Å². The number of para-hydroxylation sites is 1. The van der Waals surface area contributed by atoms with Gasteiger partial charge in [0.05, 0.1) is 19.3 Å². The molecule has 0 aromatic heterocycles. The van der Waals surface area contributed by atoms with E-state index < -0.39 is 10.8 Å². The number of hydrogen-bond donors (Lipinski definition) is 0. The Morgan fingerprint density at radius 1 is 1.47 bits per heavy atom. The van der Waals surface area contributed by atoms with Gasteiger partial charge in [-0.2, -0.15) is 0 Å². The molecule has 0 aliphatic carbocycles. The summed E-state index contributed by atoms with van der Waals surface area (Å²) in [5.41, 5.74) is 1.91. The molecule has 1 heterocycles. The number of urea groups is 1. The number of nitrogens with zero attached hydrogens (tertiary/aromatic N) is 2. The van der Waals surface area contributed by atoms with E-state index in [4.69, 9.17) is 0 Å². The first-order valence-corrected chi connectivity index (χ1v) is 6.78. The highest BCUT2D eigenvalue weighted by atomic mass is 79.9. The van der Waals surface area contributed by atoms with Crippen LogP contribution in [-0.2, 0) is 16.1 Å². The van der Waals surface area contributed by atoms with Gasteiger partial charge in [-0.25, -0.2) is 4.79 Å². The summed E-state index contributed by atoms with van der Waals surface area (Å²) in [4.78, 5) is 26.4. The highest BCUT2D eigenvalue weighted by Gasteiger charge is 2.31. The summed E-state index contributed by atoms with van der Waals surface area (Å²) in [5.74, 6) is -0.390. The molecular weight excluding hydrogens is 312 g/mol. The molecule has 0 N–H and O–H groups in total. The lowest BCUT2D eigenvalue weighted by Crippen LogP contribution is -2.48. The maximum absolute atomic E-state index is 12.2. The minimum Gasteiger partial charge on any atom is -0.468 e. The van der Waals surface area contributed by atoms with Crippen molar-refractivity contribution in [3.05, 3.63) is 29.8 Å². The minimum atomic E-state index is -0.541. The SMILES string of the molecule is COC(=O)C(Br)CN1C(=O)N(C)Cc2ccccc21. The number of hydrogen-bond acceptors (Lipinski definition) is 3. The average Bonchev–Trinajstić information content (AvgIpc) is 2.42. The Hall–Kier alpha value is -1.56. The molecule has 1 atom stereocenters. The maximum atomic E-state index is 12.2. The normalized spacial score (nSPS) is 16.1. The fourth-order valence-corrected chi connectivity index (χ4v) is 2.56. The van der Waals surface area contributed by atoms with E-state index in [1.165, 1.54) is 7.11 Å². The van der Waals surface area contributed by atoms with Gasteiger partial charge in [-0.1, -0.05) is 34.1 Å². The van der Waals surface area contributed by atoms with Gasteiger partial charge < -0.3 is 9.64 Å². The van der Waals surface area contributed by atoms with E-state index in [2.05, 4.69) is 20.7 Å². The summed E-state index contributed by atoms with van der Waals surface area (Å²) in [6.07, 6.45) is 0. The number of alkyl halides is 1. The Balaban J connectivity index is 2.28. The van der Waals surface area contributed by atoms with Gasteiger partial charge in [-0.3, -0.25) is 9.69 Å². The first-order valence-electron chi connectivity index (χ1n) is 5.87. The van der Waals surface area contributed by atoms with Crippen LogP contribution >= 0.6 is 15.9 Å². The highest BCUT2D eigenvalue weighted by molar-refractivity contribution is 9.10. The van der Waals surface area contributed by atoms with E-state index in [1.54, 1.807) is 16.8 Å². The molecule has 0 saturated carbocycles. The van der Waals surface area contributed by atoms with E-state index in [9.17, 15) is 9.59 Å². The van der Waals surface area contributed by atoms with E-state index in [-0.39, 0.29) is 12.6 Å². The molecular formula is C13H15BrN2O3. The molecule has 0 saturated heterocycles. The Bertz CT molecular complexity index is 506. The summed E-state index contributed by atoms with van der Waals surface area (Å²) in [5, 5.41) is 0. The molecule has 1 aliphatic rings. The lowest BCUT2D eigenvalue weighted by molar-refractivity contribution is -0.139. The number of esters is 1. The van der Waals surface area contributed by atoms with Crippen LogP contribution in [0.25, 0.3) is 0 Å². The predicted octanol–water partition coefficient (Wildman–Crippen LogP) is 1.99. The third-order valence-corrected chi connectivity index (χ3v) is 3.71. The van der Waals surface area contributed by atoms with Gasteiger partial charge in [0.15, 0.2) is 0 Å². The van der Waals surface area contributed by atoms with Gasteiger partial charge >= 0.3 is 12.0 Å². The summed E-state index contributed by atoms with van der Waals surface area (Å²) >= 11 is 3.25. The van der Waals surface area contributed by atoms with Gasteiger partial charge in [0.1, 0.15) is 4.83 Å². The predicted molar refractivity (Wildman–Crippen MR) is 75.4 cm³/mol. The largest absolute Gasteiger partial charge is 0.468 e. The molecule has 6 heteroatoms. The van der Waals surface area contributed by atoms with Gasteiger partial charge in [0.2, 0.25) is 0 Å². The fraction of sp³-hybridized carbons (Fsp3) is 0.385. The lowest BCUT2D eigenvalue weighted by atomic mass is 10.1. The summed E-state index contributed by atoms with van der Waals surface area (Å²) < 4.78 is 4.67. The number of amides is 2. The van der Waals surface area contributed by atoms with Crippen LogP contribution in [0.5, 0.6) is 0 Å². The third-order valence-electron chi connectivity index (χ3n) is 3.05. The van der Waals surface area contributed by atoms with Crippen molar-refractivity contribution in [3.8, 4) is 0 Å². The number of benzene rings is 1. The van der Waals surface area contributed by atoms with Gasteiger partial charge in [-0.15, -0.1) is 0 Å². The van der Waals surface area contributed by atoms with Crippen LogP contribution in [0.2, 0.25) is 0 Å². The Labute approximate surface area is 120 Å². The van der Waals surface area contributed by atoms with Crippen molar-refractivity contribution in [2.24, 2.45) is 0 Å². The number of rotatable bonds is 3. The fourth-order valence-electron chi connectivity index (χ4n) is 2.08. The molecule has 102 valence electrons. The average molecular weight is 327 g/mol. The zero-order valence-corrected chi connectivity index (χ0v) is 12.4. The Morgan fingerprint density at radius 3 is 2.84 bits per heavy atom. The number of methoxy groups -OCH3 is 1. The molecule has 2 rings (SSSR count). The number of anilines is 1. The Morgan fingerprint density at radius 2 is 2.16 bits per heavy atom. The van der Waals surface area contributed by atoms with E-state index in [0.29, 0.717) is 6.54 Å². The van der Waals surface area contributed by atoms with Crippen molar-refractivity contribution in [2.45, 2.75) is 11.4 Å². The second-order valence-corrected chi connectivity index (χ2v) is 5.47. The number of carbonyl (C=O) groups is 2. The van der Waals surface area contributed by atoms with E-state index in [1.807, 2.05) is 24.3 Å². The monoisotopic (exact) mass is 326 g/mol. The topological polar surface area (TPSA) is 49.9 Å². The molecule has 0 spiro atoms. The van der Waals surface area contributed by atoms with Crippen LogP contribution in [-0.4, -0.2) is 42.4 Å². The molecule has 1 aromatic rings. The van der Waals surface area contributed by atoms with Crippen LogP contribution in [0, 0.1) is 0 Å². The number of halogens is 1. The molecule has 1 unspecified atom stereocenters. The molecule has 5 nitrogen and oxygen atoms in total. The maximum Gasteiger partial charge on any atom is 0.324 e. The molecule has 0 bridgehead atoms. The number of ether oxygens (including phenoxy) is 1. The smallest absolute Gasteiger partial charge is 0.324 e. The van der Waals surface area contributed by atoms with Gasteiger partial charge in [0, 0.05) is 13.6 Å². The Kier molecular flexibility index (Phi) is 4.09. The molecule has 0 radical (unpaired) electrons. The lowest BCUT2D eigenvalue weighted by Gasteiger charge is -2.35. The minimum absolute atomic E-state index is 0.118. The van der Waals surface area contributed by atoms with Crippen molar-refractivity contribution in [2.75, 3.05) is 25.6 Å². The van der Waals surface area contributed by atoms with Crippen LogP contribution in [0.4, 0.5) is 10.5 Å². The highest BCUT2D eigenvalue weighted by Crippen LogP contribution is 2.28. The van der Waals surface area contributed by atoms with Crippen molar-refractivity contribution in [1.82, 2.24) is 4.90 Å². The molecule has 1 aromatic carbocycles. The quantitative estimate of drug-likeness (QED) is 0.630. The van der Waals surface area contributed by atoms with Crippen LogP contribution in [0.15, 0.2) is 24.3 Å². The second kappa shape index (κ2) is 5.61. The second-order valence-electron chi connectivity index (χ2n) is 4.37. The summed E-state index contributed by atoms with van der Waals surface area (Å²) in [6.45, 7) is 0.823. The van der Waals surface area contributed by atoms with Crippen LogP contribution < -0.4 is 4.90 Å². The number of carbonyl (C=O) groups excluding carboxylic acids is 2. The van der Waals surface area contributed by atoms with E-state index in [0.717, 1.165) is 11.3 Å². The molecule has 19 heavy (non-hydrogen) atoms. The van der Waals surface area contributed by atoms with Crippen molar-refractivity contribution < 1.29 is 14.3 Å². The first-order chi connectivity index (χ1) is 9.04. The van der Waals surface area contributed by atoms with Crippen molar-refractivity contribution in [1.29, 1.82) is 0 Å². The van der Waals surface area contributed by atoms with Crippen molar-refractivity contribution in [3.63, 3.8) is 0 Å². The summed E-state index contributed by atoms with van der Waals surface area (Å²) in [7, 11) is 3.07. The van der Waals surface area contributed by atoms with Crippen molar-refractivity contribution >= 4 is 33.6 Å². The van der Waals surface area contributed by atoms with Crippen LogP contribution in [0.1, 0.15) is 5.56 Å². The molecule has 1 aliphatic heterocycles. The summed E-state index contributed by atoms with van der Waals surface area (Å²) in [6, 6.07) is 7.56.